The molecule has 1 amide bonds. The summed E-state index contributed by atoms with van der Waals surface area (Å²) in [5.74, 6) is -0.134. The van der Waals surface area contributed by atoms with E-state index >= 15 is 0 Å². The van der Waals surface area contributed by atoms with Gasteiger partial charge in [0.2, 0.25) is 0 Å². The van der Waals surface area contributed by atoms with Gasteiger partial charge in [-0.15, -0.1) is 0 Å². The van der Waals surface area contributed by atoms with Crippen LogP contribution in [0.15, 0.2) is 12.1 Å². The molecule has 0 atom stereocenters. The highest BCUT2D eigenvalue weighted by Crippen LogP contribution is 2.26. The molecule has 1 heterocycles. The minimum atomic E-state index is -0.529. The summed E-state index contributed by atoms with van der Waals surface area (Å²) in [4.78, 5) is 21.9. The quantitative estimate of drug-likeness (QED) is 0.600. The summed E-state index contributed by atoms with van der Waals surface area (Å²) in [6.07, 6.45) is 1.16. The van der Waals surface area contributed by atoms with Crippen LogP contribution in [0.25, 0.3) is 0 Å². The SMILES string of the molecule is Cn1c(C(=O)NCC2CC(O)C2)ccc1[N+](=O)[O-]. The Morgan fingerprint density at radius 1 is 1.61 bits per heavy atom. The number of amides is 1. The van der Waals surface area contributed by atoms with Crippen molar-refractivity contribution in [1.29, 1.82) is 0 Å². The van der Waals surface area contributed by atoms with Gasteiger partial charge in [-0.05, 0) is 29.7 Å². The number of carbonyl (C=O) groups excluding carboxylic acids is 1. The van der Waals surface area contributed by atoms with Gasteiger partial charge in [0.05, 0.1) is 13.2 Å². The van der Waals surface area contributed by atoms with Crippen LogP contribution in [0, 0.1) is 16.0 Å². The third-order valence-electron chi connectivity index (χ3n) is 3.28. The molecule has 2 N–H and O–H groups in total. The summed E-state index contributed by atoms with van der Waals surface area (Å²) in [5.41, 5.74) is 0.265. The molecule has 7 heteroatoms. The largest absolute Gasteiger partial charge is 0.393 e. The predicted octanol–water partition coefficient (Wildman–Crippen LogP) is 0.434. The van der Waals surface area contributed by atoms with Crippen LogP contribution < -0.4 is 5.32 Å². The average molecular weight is 253 g/mol. The molecule has 2 rings (SSSR count). The number of hydrogen-bond acceptors (Lipinski definition) is 4. The molecule has 0 radical (unpaired) electrons. The van der Waals surface area contributed by atoms with Crippen LogP contribution in [0.2, 0.25) is 0 Å². The summed E-state index contributed by atoms with van der Waals surface area (Å²) in [6.45, 7) is 0.495. The van der Waals surface area contributed by atoms with Gasteiger partial charge in [-0.25, -0.2) is 4.57 Å². The molecular weight excluding hydrogens is 238 g/mol. The molecule has 1 aliphatic rings. The topological polar surface area (TPSA) is 97.4 Å². The Balaban J connectivity index is 1.94. The molecule has 0 aliphatic heterocycles. The zero-order valence-corrected chi connectivity index (χ0v) is 10.00. The summed E-state index contributed by atoms with van der Waals surface area (Å²) in [5, 5.41) is 22.5. The van der Waals surface area contributed by atoms with Gasteiger partial charge >= 0.3 is 5.82 Å². The van der Waals surface area contributed by atoms with Crippen molar-refractivity contribution < 1.29 is 14.8 Å². The molecule has 1 saturated carbocycles. The first-order chi connectivity index (χ1) is 8.49. The fourth-order valence-corrected chi connectivity index (χ4v) is 2.11. The van der Waals surface area contributed by atoms with Gasteiger partial charge in [-0.1, -0.05) is 0 Å². The van der Waals surface area contributed by atoms with Crippen LogP contribution in [-0.2, 0) is 7.05 Å². The molecule has 0 saturated heterocycles. The molecule has 1 aliphatic carbocycles. The number of carbonyl (C=O) groups is 1. The molecule has 0 bridgehead atoms. The van der Waals surface area contributed by atoms with Gasteiger partial charge in [0.1, 0.15) is 0 Å². The number of aliphatic hydroxyl groups excluding tert-OH is 1. The van der Waals surface area contributed by atoms with Crippen LogP contribution in [0.1, 0.15) is 23.3 Å². The lowest BCUT2D eigenvalue weighted by atomic mass is 9.82. The van der Waals surface area contributed by atoms with Crippen molar-refractivity contribution in [3.05, 3.63) is 27.9 Å². The highest BCUT2D eigenvalue weighted by Gasteiger charge is 2.28. The van der Waals surface area contributed by atoms with Crippen molar-refractivity contribution in [3.63, 3.8) is 0 Å². The molecule has 18 heavy (non-hydrogen) atoms. The molecule has 98 valence electrons. The normalized spacial score (nSPS) is 22.3. The van der Waals surface area contributed by atoms with E-state index in [0.717, 1.165) is 0 Å². The number of nitrogens with zero attached hydrogens (tertiary/aromatic N) is 2. The van der Waals surface area contributed by atoms with E-state index in [4.69, 9.17) is 5.11 Å². The van der Waals surface area contributed by atoms with E-state index in [1.165, 1.54) is 23.7 Å². The number of nitro groups is 1. The summed E-state index contributed by atoms with van der Waals surface area (Å²) in [6, 6.07) is 2.74. The van der Waals surface area contributed by atoms with E-state index in [1.807, 2.05) is 0 Å². The van der Waals surface area contributed by atoms with Gasteiger partial charge in [0.15, 0.2) is 5.69 Å². The predicted molar refractivity (Wildman–Crippen MR) is 63.1 cm³/mol. The fourth-order valence-electron chi connectivity index (χ4n) is 2.11. The molecule has 1 aromatic heterocycles. The Kier molecular flexibility index (Phi) is 3.33. The number of aliphatic hydroxyl groups is 1. The number of hydrogen-bond donors (Lipinski definition) is 2. The van der Waals surface area contributed by atoms with E-state index in [2.05, 4.69) is 5.32 Å². The van der Waals surface area contributed by atoms with Crippen molar-refractivity contribution in [2.45, 2.75) is 18.9 Å². The van der Waals surface area contributed by atoms with Crippen LogP contribution in [0.5, 0.6) is 0 Å². The molecule has 0 unspecified atom stereocenters. The van der Waals surface area contributed by atoms with E-state index < -0.39 is 4.92 Å². The summed E-state index contributed by atoms with van der Waals surface area (Å²) in [7, 11) is 1.49. The monoisotopic (exact) mass is 253 g/mol. The zero-order chi connectivity index (χ0) is 13.3. The highest BCUT2D eigenvalue weighted by atomic mass is 16.6. The summed E-state index contributed by atoms with van der Waals surface area (Å²) < 4.78 is 1.25. The Morgan fingerprint density at radius 3 is 2.78 bits per heavy atom. The van der Waals surface area contributed by atoms with Crippen LogP contribution in [-0.4, -0.2) is 33.2 Å². The molecular formula is C11H15N3O4. The van der Waals surface area contributed by atoms with E-state index in [1.54, 1.807) is 0 Å². The minimum absolute atomic E-state index is 0.112. The van der Waals surface area contributed by atoms with Crippen molar-refractivity contribution in [2.75, 3.05) is 6.54 Å². The molecule has 7 nitrogen and oxygen atoms in total. The first-order valence-corrected chi connectivity index (χ1v) is 5.75. The van der Waals surface area contributed by atoms with E-state index in [9.17, 15) is 14.9 Å². The van der Waals surface area contributed by atoms with E-state index in [0.29, 0.717) is 25.3 Å². The Bertz CT molecular complexity index is 477. The second-order valence-corrected chi connectivity index (χ2v) is 4.59. The maximum absolute atomic E-state index is 11.8. The van der Waals surface area contributed by atoms with Crippen LogP contribution in [0.4, 0.5) is 5.82 Å². The Morgan fingerprint density at radius 2 is 2.28 bits per heavy atom. The van der Waals surface area contributed by atoms with Crippen molar-refractivity contribution in [2.24, 2.45) is 13.0 Å². The molecule has 1 aromatic rings. The highest BCUT2D eigenvalue weighted by molar-refractivity contribution is 5.93. The third-order valence-corrected chi connectivity index (χ3v) is 3.28. The van der Waals surface area contributed by atoms with Crippen molar-refractivity contribution in [1.82, 2.24) is 9.88 Å². The maximum atomic E-state index is 11.8. The Hall–Kier alpha value is -1.89. The maximum Gasteiger partial charge on any atom is 0.323 e. The second kappa shape index (κ2) is 4.77. The van der Waals surface area contributed by atoms with Gasteiger partial charge in [0.25, 0.3) is 5.91 Å². The summed E-state index contributed by atoms with van der Waals surface area (Å²) >= 11 is 0. The lowest BCUT2D eigenvalue weighted by Crippen LogP contribution is -2.38. The smallest absolute Gasteiger partial charge is 0.323 e. The first kappa shape index (κ1) is 12.6. The fraction of sp³-hybridized carbons (Fsp3) is 0.545. The van der Waals surface area contributed by atoms with Gasteiger partial charge in [-0.3, -0.25) is 4.79 Å². The van der Waals surface area contributed by atoms with Gasteiger partial charge in [-0.2, -0.15) is 0 Å². The molecule has 1 fully saturated rings. The van der Waals surface area contributed by atoms with Crippen LogP contribution in [0.3, 0.4) is 0 Å². The van der Waals surface area contributed by atoms with Crippen molar-refractivity contribution >= 4 is 11.7 Å². The zero-order valence-electron chi connectivity index (χ0n) is 10.00. The first-order valence-electron chi connectivity index (χ1n) is 5.75. The van der Waals surface area contributed by atoms with Gasteiger partial charge < -0.3 is 20.5 Å². The van der Waals surface area contributed by atoms with E-state index in [-0.39, 0.29) is 23.5 Å². The average Bonchev–Trinajstić information content (AvgIpc) is 2.64. The standard InChI is InChI=1S/C11H15N3O4/c1-13-9(2-3-10(13)14(17)18)11(16)12-6-7-4-8(15)5-7/h2-3,7-8,15H,4-6H2,1H3,(H,12,16). The number of aromatic nitrogens is 1. The third kappa shape index (κ3) is 2.35. The Labute approximate surface area is 104 Å². The molecule has 0 spiro atoms. The lowest BCUT2D eigenvalue weighted by molar-refractivity contribution is -0.391. The van der Waals surface area contributed by atoms with Gasteiger partial charge in [0, 0.05) is 12.6 Å². The number of rotatable bonds is 4. The molecule has 0 aromatic carbocycles. The minimum Gasteiger partial charge on any atom is -0.393 e. The van der Waals surface area contributed by atoms with Crippen LogP contribution >= 0.6 is 0 Å². The second-order valence-electron chi connectivity index (χ2n) is 4.59. The van der Waals surface area contributed by atoms with Crippen molar-refractivity contribution in [3.8, 4) is 0 Å². The lowest BCUT2D eigenvalue weighted by Gasteiger charge is -2.31. The number of nitrogens with one attached hydrogen (secondary N) is 1.